The van der Waals surface area contributed by atoms with Crippen molar-refractivity contribution in [1.82, 2.24) is 4.98 Å². The van der Waals surface area contributed by atoms with E-state index >= 15 is 0 Å². The van der Waals surface area contributed by atoms with Gasteiger partial charge in [0.25, 0.3) is 6.43 Å². The Morgan fingerprint density at radius 3 is 2.81 bits per heavy atom. The van der Waals surface area contributed by atoms with Gasteiger partial charge in [-0.3, -0.25) is 4.79 Å². The number of nitrogens with zero attached hydrogens (tertiary/aromatic N) is 1. The summed E-state index contributed by atoms with van der Waals surface area (Å²) in [5, 5.41) is -0.205. The number of alkyl halides is 2. The van der Waals surface area contributed by atoms with Gasteiger partial charge in [-0.2, -0.15) is 0 Å². The Morgan fingerprint density at radius 2 is 2.31 bits per heavy atom. The van der Waals surface area contributed by atoms with E-state index in [0.29, 0.717) is 0 Å². The van der Waals surface area contributed by atoms with E-state index in [1.165, 1.54) is 6.07 Å². The van der Waals surface area contributed by atoms with Crippen molar-refractivity contribution < 1.29 is 18.3 Å². The molecule has 1 aromatic rings. The van der Waals surface area contributed by atoms with E-state index in [9.17, 15) is 13.6 Å². The highest BCUT2D eigenvalue weighted by atomic mass is 35.5. The molecule has 0 atom stereocenters. The first-order chi connectivity index (χ1) is 7.45. The summed E-state index contributed by atoms with van der Waals surface area (Å²) in [5.74, 6) is -0.648. The second-order valence-corrected chi connectivity index (χ2v) is 3.32. The van der Waals surface area contributed by atoms with Crippen LogP contribution in [0.3, 0.4) is 0 Å². The van der Waals surface area contributed by atoms with Crippen LogP contribution in [0.2, 0.25) is 5.15 Å². The number of rotatable bonds is 3. The highest BCUT2D eigenvalue weighted by molar-refractivity contribution is 6.31. The van der Waals surface area contributed by atoms with E-state index in [1.807, 2.05) is 0 Å². The first-order valence-electron chi connectivity index (χ1n) is 4.25. The number of methoxy groups -OCH3 is 1. The molecule has 0 radical (unpaired) electrons. The van der Waals surface area contributed by atoms with Gasteiger partial charge < -0.3 is 10.5 Å². The largest absolute Gasteiger partial charge is 0.469 e. The predicted molar refractivity (Wildman–Crippen MR) is 54.3 cm³/mol. The zero-order valence-electron chi connectivity index (χ0n) is 8.34. The fraction of sp³-hybridized carbons (Fsp3) is 0.333. The maximum absolute atomic E-state index is 12.6. The monoisotopic (exact) mass is 250 g/mol. The first kappa shape index (κ1) is 12.6. The number of nitrogen functional groups attached to an aromatic ring is 1. The first-order valence-corrected chi connectivity index (χ1v) is 4.63. The molecule has 0 bridgehead atoms. The van der Waals surface area contributed by atoms with Crippen LogP contribution in [0.15, 0.2) is 6.07 Å². The quantitative estimate of drug-likeness (QED) is 0.658. The lowest BCUT2D eigenvalue weighted by atomic mass is 10.1. The molecule has 0 aliphatic rings. The van der Waals surface area contributed by atoms with Crippen molar-refractivity contribution in [3.8, 4) is 0 Å². The Balaban J connectivity index is 3.14. The number of carbonyl (C=O) groups is 1. The van der Waals surface area contributed by atoms with Crippen LogP contribution in [-0.2, 0) is 16.0 Å². The number of ether oxygens (including phenoxy) is 1. The second kappa shape index (κ2) is 5.07. The Kier molecular flexibility index (Phi) is 4.00. The number of aromatic nitrogens is 1. The summed E-state index contributed by atoms with van der Waals surface area (Å²) < 4.78 is 29.5. The standard InChI is InChI=1S/C9H9ClF2N2O2/c1-16-6(15)3-4-2-5(13)8(10)14-7(4)9(11)12/h2,9H,3,13H2,1H3. The number of pyridine rings is 1. The molecule has 88 valence electrons. The molecule has 0 spiro atoms. The maximum Gasteiger partial charge on any atom is 0.310 e. The molecular weight excluding hydrogens is 242 g/mol. The lowest BCUT2D eigenvalue weighted by Crippen LogP contribution is -2.09. The number of hydrogen-bond acceptors (Lipinski definition) is 4. The summed E-state index contributed by atoms with van der Waals surface area (Å²) in [6, 6.07) is 1.20. The van der Waals surface area contributed by atoms with E-state index < -0.39 is 18.1 Å². The third-order valence-corrected chi connectivity index (χ3v) is 2.19. The Hall–Kier alpha value is -1.43. The van der Waals surface area contributed by atoms with Crippen LogP contribution in [0.1, 0.15) is 17.7 Å². The van der Waals surface area contributed by atoms with Crippen LogP contribution >= 0.6 is 11.6 Å². The Bertz CT molecular complexity index is 413. The van der Waals surface area contributed by atoms with Crippen LogP contribution < -0.4 is 5.73 Å². The van der Waals surface area contributed by atoms with Gasteiger partial charge in [0.1, 0.15) is 5.69 Å². The van der Waals surface area contributed by atoms with Gasteiger partial charge in [0.05, 0.1) is 19.2 Å². The molecular formula is C9H9ClF2N2O2. The highest BCUT2D eigenvalue weighted by Crippen LogP contribution is 2.27. The van der Waals surface area contributed by atoms with Crippen molar-refractivity contribution in [2.24, 2.45) is 0 Å². The minimum absolute atomic E-state index is 0.0174. The molecule has 0 aliphatic carbocycles. The minimum Gasteiger partial charge on any atom is -0.469 e. The molecule has 0 aromatic carbocycles. The smallest absolute Gasteiger partial charge is 0.310 e. The van der Waals surface area contributed by atoms with Crippen LogP contribution in [0, 0.1) is 0 Å². The zero-order chi connectivity index (χ0) is 12.3. The second-order valence-electron chi connectivity index (χ2n) is 2.97. The van der Waals surface area contributed by atoms with Gasteiger partial charge in [-0.25, -0.2) is 13.8 Å². The number of esters is 1. The van der Waals surface area contributed by atoms with Crippen molar-refractivity contribution in [3.63, 3.8) is 0 Å². The van der Waals surface area contributed by atoms with Gasteiger partial charge in [-0.15, -0.1) is 0 Å². The SMILES string of the molecule is COC(=O)Cc1cc(N)c(Cl)nc1C(F)F. The maximum atomic E-state index is 12.6. The van der Waals surface area contributed by atoms with Gasteiger partial charge in [0.2, 0.25) is 0 Å². The lowest BCUT2D eigenvalue weighted by Gasteiger charge is -2.09. The van der Waals surface area contributed by atoms with Crippen LogP contribution in [0.25, 0.3) is 0 Å². The molecule has 0 aliphatic heterocycles. The average molecular weight is 251 g/mol. The molecule has 16 heavy (non-hydrogen) atoms. The van der Waals surface area contributed by atoms with Crippen LogP contribution in [-0.4, -0.2) is 18.1 Å². The van der Waals surface area contributed by atoms with Crippen molar-refractivity contribution in [2.45, 2.75) is 12.8 Å². The lowest BCUT2D eigenvalue weighted by molar-refractivity contribution is -0.139. The number of nitrogens with two attached hydrogens (primary N) is 1. The van der Waals surface area contributed by atoms with E-state index in [-0.39, 0.29) is 22.8 Å². The topological polar surface area (TPSA) is 65.2 Å². The van der Waals surface area contributed by atoms with Crippen molar-refractivity contribution in [2.75, 3.05) is 12.8 Å². The molecule has 4 nitrogen and oxygen atoms in total. The number of anilines is 1. The van der Waals surface area contributed by atoms with E-state index in [2.05, 4.69) is 9.72 Å². The summed E-state index contributed by atoms with van der Waals surface area (Å²) in [5.41, 5.74) is 4.93. The number of carbonyl (C=O) groups excluding carboxylic acids is 1. The summed E-state index contributed by atoms with van der Waals surface area (Å²) in [6.45, 7) is 0. The minimum atomic E-state index is -2.82. The summed E-state index contributed by atoms with van der Waals surface area (Å²) in [4.78, 5) is 14.4. The van der Waals surface area contributed by atoms with E-state index in [4.69, 9.17) is 17.3 Å². The number of hydrogen-bond donors (Lipinski definition) is 1. The molecule has 7 heteroatoms. The van der Waals surface area contributed by atoms with Crippen LogP contribution in [0.5, 0.6) is 0 Å². The van der Waals surface area contributed by atoms with Crippen molar-refractivity contribution in [3.05, 3.63) is 22.5 Å². The van der Waals surface area contributed by atoms with Crippen LogP contribution in [0.4, 0.5) is 14.5 Å². The molecule has 1 rings (SSSR count). The third-order valence-electron chi connectivity index (χ3n) is 1.88. The van der Waals surface area contributed by atoms with E-state index in [1.54, 1.807) is 0 Å². The Morgan fingerprint density at radius 1 is 1.69 bits per heavy atom. The molecule has 0 saturated heterocycles. The fourth-order valence-electron chi connectivity index (χ4n) is 1.12. The molecule has 2 N–H and O–H groups in total. The molecule has 0 fully saturated rings. The number of halogens is 3. The Labute approximate surface area is 95.4 Å². The molecule has 1 aromatic heterocycles. The van der Waals surface area contributed by atoms with Gasteiger partial charge in [0.15, 0.2) is 5.15 Å². The van der Waals surface area contributed by atoms with E-state index in [0.717, 1.165) is 7.11 Å². The average Bonchev–Trinajstić information content (AvgIpc) is 2.22. The third kappa shape index (κ3) is 2.79. The van der Waals surface area contributed by atoms with Gasteiger partial charge >= 0.3 is 5.97 Å². The van der Waals surface area contributed by atoms with Gasteiger partial charge in [0, 0.05) is 0 Å². The highest BCUT2D eigenvalue weighted by Gasteiger charge is 2.19. The van der Waals surface area contributed by atoms with Crippen molar-refractivity contribution >= 4 is 23.3 Å². The summed E-state index contributed by atoms with van der Waals surface area (Å²) >= 11 is 5.51. The summed E-state index contributed by atoms with van der Waals surface area (Å²) in [6.07, 6.45) is -3.14. The molecule has 0 unspecified atom stereocenters. The predicted octanol–water partition coefficient (Wildman–Crippen LogP) is 1.97. The normalized spacial score (nSPS) is 10.6. The zero-order valence-corrected chi connectivity index (χ0v) is 9.09. The van der Waals surface area contributed by atoms with Crippen molar-refractivity contribution in [1.29, 1.82) is 0 Å². The summed E-state index contributed by atoms with van der Waals surface area (Å²) in [7, 11) is 1.16. The fourth-order valence-corrected chi connectivity index (χ4v) is 1.27. The molecule has 0 amide bonds. The van der Waals surface area contributed by atoms with Gasteiger partial charge in [-0.1, -0.05) is 11.6 Å². The molecule has 0 saturated carbocycles. The van der Waals surface area contributed by atoms with Gasteiger partial charge in [-0.05, 0) is 11.6 Å². The molecule has 1 heterocycles.